The predicted molar refractivity (Wildman–Crippen MR) is 262 cm³/mol. The van der Waals surface area contributed by atoms with Crippen molar-refractivity contribution in [3.05, 3.63) is 200 Å². The molecule has 6 heteroatoms. The zero-order valence-electron chi connectivity index (χ0n) is 34.2. The molecule has 6 heterocycles. The summed E-state index contributed by atoms with van der Waals surface area (Å²) in [7, 11) is 0. The van der Waals surface area contributed by atoms with Gasteiger partial charge < -0.3 is 13.6 Å². The van der Waals surface area contributed by atoms with E-state index in [-0.39, 0.29) is 0 Å². The molecule has 0 amide bonds. The highest BCUT2D eigenvalue weighted by Crippen LogP contribution is 2.48. The van der Waals surface area contributed by atoms with E-state index in [1.165, 1.54) is 49.6 Å². The second-order valence-electron chi connectivity index (χ2n) is 16.9. The van der Waals surface area contributed by atoms with E-state index in [9.17, 15) is 0 Å². The largest absolute Gasteiger partial charge is 0.436 e. The number of hydrogen-bond donors (Lipinski definition) is 0. The molecule has 64 heavy (non-hydrogen) atoms. The molecule has 0 atom stereocenters. The van der Waals surface area contributed by atoms with Crippen LogP contribution in [0.3, 0.4) is 0 Å². The first kappa shape index (κ1) is 33.9. The number of fused-ring (bicyclic) bond motifs is 17. The average Bonchev–Trinajstić information content (AvgIpc) is 4.06. The normalized spacial score (nSPS) is 12.4. The molecule has 0 aliphatic carbocycles. The Morgan fingerprint density at radius 1 is 0.359 bits per heavy atom. The number of furan rings is 1. The lowest BCUT2D eigenvalue weighted by molar-refractivity contribution is 0.652. The van der Waals surface area contributed by atoms with Crippen molar-refractivity contribution in [3.8, 4) is 50.7 Å². The maximum absolute atomic E-state index is 6.53. The Labute approximate surface area is 365 Å². The van der Waals surface area contributed by atoms with Crippen LogP contribution in [0.5, 0.6) is 0 Å². The van der Waals surface area contributed by atoms with Gasteiger partial charge in [0.25, 0.3) is 0 Å². The van der Waals surface area contributed by atoms with Crippen molar-refractivity contribution in [1.82, 2.24) is 23.7 Å². The topological polar surface area (TPSA) is 53.7 Å². The summed E-state index contributed by atoms with van der Waals surface area (Å²) in [6.45, 7) is 0. The number of nitrogens with zero attached hydrogens (tertiary/aromatic N) is 5. The standard InChI is InChI=1S/C58H33N5O/c1-2-15-35(16-3-1)61-47-25-10-7-20-39(47)44-31-34(29-30-50(44)61)54-57(60-58-55(59-54)43-22-9-13-28-53(43)64-58)63-49-27-12-8-21-40(49)45-32-51-46(33-52(45)63)42-24-14-23-41-37-18-5-4-17-36(37)38-19-6-11-26-48(38)62(51)56(41)42/h1-33H. The predicted octanol–water partition coefficient (Wildman–Crippen LogP) is 15.0. The van der Waals surface area contributed by atoms with Gasteiger partial charge in [0.2, 0.25) is 5.71 Å². The fourth-order valence-corrected chi connectivity index (χ4v) is 10.9. The molecule has 0 unspecified atom stereocenters. The van der Waals surface area contributed by atoms with Crippen molar-refractivity contribution in [2.75, 3.05) is 0 Å². The minimum atomic E-state index is 0.507. The highest BCUT2D eigenvalue weighted by molar-refractivity contribution is 6.22. The maximum atomic E-state index is 6.53. The third-order valence-corrected chi connectivity index (χ3v) is 13.6. The molecular weight excluding hydrogens is 783 g/mol. The molecule has 14 aromatic rings. The van der Waals surface area contributed by atoms with Crippen molar-refractivity contribution in [1.29, 1.82) is 0 Å². The molecule has 1 aliphatic heterocycles. The minimum absolute atomic E-state index is 0.507. The van der Waals surface area contributed by atoms with E-state index >= 15 is 0 Å². The Hall–Kier alpha value is -8.74. The lowest BCUT2D eigenvalue weighted by Gasteiger charge is -2.14. The van der Waals surface area contributed by atoms with E-state index in [0.717, 1.165) is 77.2 Å². The quantitative estimate of drug-likeness (QED) is 0.178. The fraction of sp³-hybridized carbons (Fsp3) is 0. The van der Waals surface area contributed by atoms with Crippen molar-refractivity contribution < 1.29 is 4.42 Å². The monoisotopic (exact) mass is 815 g/mol. The summed E-state index contributed by atoms with van der Waals surface area (Å²) in [5.74, 6) is 0.716. The molecule has 296 valence electrons. The molecule has 0 saturated carbocycles. The summed E-state index contributed by atoms with van der Waals surface area (Å²) in [6, 6.07) is 72.0. The molecule has 0 spiro atoms. The molecule has 5 aromatic heterocycles. The molecule has 1 aliphatic rings. The first-order valence-electron chi connectivity index (χ1n) is 21.7. The van der Waals surface area contributed by atoms with Crippen LogP contribution >= 0.6 is 0 Å². The molecule has 15 rings (SSSR count). The van der Waals surface area contributed by atoms with E-state index in [0.29, 0.717) is 11.5 Å². The third kappa shape index (κ3) is 4.43. The van der Waals surface area contributed by atoms with Crippen molar-refractivity contribution in [2.24, 2.45) is 0 Å². The Balaban J connectivity index is 1.07. The van der Waals surface area contributed by atoms with Crippen LogP contribution in [0.15, 0.2) is 205 Å². The van der Waals surface area contributed by atoms with E-state index in [2.05, 4.69) is 196 Å². The van der Waals surface area contributed by atoms with E-state index in [4.69, 9.17) is 14.4 Å². The van der Waals surface area contributed by atoms with Crippen LogP contribution in [0.25, 0.3) is 138 Å². The summed E-state index contributed by atoms with van der Waals surface area (Å²) in [5.41, 5.74) is 17.8. The lowest BCUT2D eigenvalue weighted by Crippen LogP contribution is -2.03. The Bertz CT molecular complexity index is 4320. The van der Waals surface area contributed by atoms with Gasteiger partial charge in [-0.2, -0.15) is 4.98 Å². The van der Waals surface area contributed by atoms with Crippen LogP contribution in [-0.2, 0) is 0 Å². The number of hydrogen-bond acceptors (Lipinski definition) is 3. The molecule has 6 nitrogen and oxygen atoms in total. The lowest BCUT2D eigenvalue weighted by atomic mass is 9.94. The molecule has 0 saturated heterocycles. The highest BCUT2D eigenvalue weighted by Gasteiger charge is 2.27. The Morgan fingerprint density at radius 2 is 0.938 bits per heavy atom. The van der Waals surface area contributed by atoms with Crippen LogP contribution < -0.4 is 0 Å². The third-order valence-electron chi connectivity index (χ3n) is 13.6. The van der Waals surface area contributed by atoms with Crippen LogP contribution in [0.4, 0.5) is 0 Å². The molecule has 0 fully saturated rings. The van der Waals surface area contributed by atoms with Gasteiger partial charge in [0.15, 0.2) is 5.82 Å². The summed E-state index contributed by atoms with van der Waals surface area (Å²) in [6.07, 6.45) is 0. The van der Waals surface area contributed by atoms with Crippen LogP contribution in [0.1, 0.15) is 0 Å². The van der Waals surface area contributed by atoms with Crippen LogP contribution in [-0.4, -0.2) is 23.7 Å². The Kier molecular flexibility index (Phi) is 6.59. The fourth-order valence-electron chi connectivity index (χ4n) is 10.9. The van der Waals surface area contributed by atoms with E-state index in [1.807, 2.05) is 18.2 Å². The second kappa shape index (κ2) is 12.4. The number of benzene rings is 9. The Morgan fingerprint density at radius 3 is 1.75 bits per heavy atom. The average molecular weight is 816 g/mol. The minimum Gasteiger partial charge on any atom is -0.436 e. The molecule has 0 radical (unpaired) electrons. The maximum Gasteiger partial charge on any atom is 0.248 e. The van der Waals surface area contributed by atoms with Gasteiger partial charge in [0, 0.05) is 60.1 Å². The molecule has 0 N–H and O–H groups in total. The first-order valence-corrected chi connectivity index (χ1v) is 21.7. The summed E-state index contributed by atoms with van der Waals surface area (Å²) in [4.78, 5) is 11.1. The SMILES string of the molecule is c1ccc(-n2c3ccccc3c3cc(-c4nc5c(nc4-n4c6ccccc6c6cc7c(cc64)c4cccc6c4n7-c4ccccc4-c4ccccc4-6)oc4ccccc45)ccc32)cc1. The zero-order chi connectivity index (χ0) is 41.6. The van der Waals surface area contributed by atoms with Gasteiger partial charge in [-0.25, -0.2) is 4.98 Å². The summed E-state index contributed by atoms with van der Waals surface area (Å²) < 4.78 is 13.7. The van der Waals surface area contributed by atoms with Gasteiger partial charge in [-0.1, -0.05) is 133 Å². The van der Waals surface area contributed by atoms with E-state index in [1.54, 1.807) is 0 Å². The molecule has 9 aromatic carbocycles. The van der Waals surface area contributed by atoms with Crippen LogP contribution in [0.2, 0.25) is 0 Å². The van der Waals surface area contributed by atoms with Gasteiger partial charge in [-0.15, -0.1) is 0 Å². The first-order chi connectivity index (χ1) is 31.8. The van der Waals surface area contributed by atoms with Crippen molar-refractivity contribution in [2.45, 2.75) is 0 Å². The van der Waals surface area contributed by atoms with Crippen molar-refractivity contribution >= 4 is 87.6 Å². The number of para-hydroxylation sites is 6. The van der Waals surface area contributed by atoms with Gasteiger partial charge in [-0.05, 0) is 77.9 Å². The second-order valence-corrected chi connectivity index (χ2v) is 16.9. The van der Waals surface area contributed by atoms with Crippen LogP contribution in [0, 0.1) is 0 Å². The van der Waals surface area contributed by atoms with Gasteiger partial charge >= 0.3 is 0 Å². The summed E-state index contributed by atoms with van der Waals surface area (Å²) >= 11 is 0. The zero-order valence-corrected chi connectivity index (χ0v) is 34.2. The van der Waals surface area contributed by atoms with Crippen molar-refractivity contribution in [3.63, 3.8) is 0 Å². The van der Waals surface area contributed by atoms with E-state index < -0.39 is 0 Å². The number of aromatic nitrogens is 5. The number of rotatable bonds is 3. The summed E-state index contributed by atoms with van der Waals surface area (Å²) in [5, 5.41) is 7.94. The van der Waals surface area contributed by atoms with Gasteiger partial charge in [0.05, 0.1) is 38.8 Å². The molecular formula is C58H33N5O. The highest BCUT2D eigenvalue weighted by atomic mass is 16.3. The van der Waals surface area contributed by atoms with Gasteiger partial charge in [-0.3, -0.25) is 4.57 Å². The smallest absolute Gasteiger partial charge is 0.248 e. The van der Waals surface area contributed by atoms with Gasteiger partial charge in [0.1, 0.15) is 16.8 Å². The molecule has 0 bridgehead atoms.